The molecule has 0 aromatic heterocycles. The second-order valence-electron chi connectivity index (χ2n) is 4.60. The standard InChI is InChI=1S/C14H20N2O4/c1-10(14(17)16-5-7-19-8-6-16)20-11-3-4-13(18-2)12(15)9-11/h3-4,9-10H,5-8,15H2,1-2H3. The fourth-order valence-electron chi connectivity index (χ4n) is 2.08. The number of nitrogen functional groups attached to an aromatic ring is 1. The van der Waals surface area contributed by atoms with Gasteiger partial charge in [0.1, 0.15) is 11.5 Å². The van der Waals surface area contributed by atoms with Gasteiger partial charge in [0.2, 0.25) is 0 Å². The second-order valence-corrected chi connectivity index (χ2v) is 4.60. The van der Waals surface area contributed by atoms with Crippen LogP contribution in [-0.2, 0) is 9.53 Å². The highest BCUT2D eigenvalue weighted by Gasteiger charge is 2.23. The highest BCUT2D eigenvalue weighted by molar-refractivity contribution is 5.81. The Morgan fingerprint density at radius 2 is 2.10 bits per heavy atom. The lowest BCUT2D eigenvalue weighted by molar-refractivity contribution is -0.142. The number of ether oxygens (including phenoxy) is 3. The van der Waals surface area contributed by atoms with Crippen LogP contribution in [0, 0.1) is 0 Å². The van der Waals surface area contributed by atoms with Crippen molar-refractivity contribution in [3.63, 3.8) is 0 Å². The van der Waals surface area contributed by atoms with Crippen LogP contribution in [0.2, 0.25) is 0 Å². The first-order valence-corrected chi connectivity index (χ1v) is 6.58. The molecule has 110 valence electrons. The van der Waals surface area contributed by atoms with Crippen molar-refractivity contribution in [1.29, 1.82) is 0 Å². The fraction of sp³-hybridized carbons (Fsp3) is 0.500. The third-order valence-electron chi connectivity index (χ3n) is 3.18. The van der Waals surface area contributed by atoms with E-state index in [9.17, 15) is 4.79 Å². The maximum absolute atomic E-state index is 12.2. The first-order valence-electron chi connectivity index (χ1n) is 6.58. The quantitative estimate of drug-likeness (QED) is 0.830. The zero-order chi connectivity index (χ0) is 14.5. The summed E-state index contributed by atoms with van der Waals surface area (Å²) in [5, 5.41) is 0. The number of methoxy groups -OCH3 is 1. The SMILES string of the molecule is COc1ccc(OC(C)C(=O)N2CCOCC2)cc1N. The van der Waals surface area contributed by atoms with Gasteiger partial charge in [-0.15, -0.1) is 0 Å². The molecule has 1 heterocycles. The lowest BCUT2D eigenvalue weighted by Crippen LogP contribution is -2.46. The molecule has 1 amide bonds. The number of hydrogen-bond acceptors (Lipinski definition) is 5. The van der Waals surface area contributed by atoms with E-state index in [1.165, 1.54) is 0 Å². The van der Waals surface area contributed by atoms with Gasteiger partial charge in [-0.2, -0.15) is 0 Å². The molecule has 1 aromatic rings. The summed E-state index contributed by atoms with van der Waals surface area (Å²) in [6.45, 7) is 4.11. The Kier molecular flexibility index (Phi) is 4.68. The highest BCUT2D eigenvalue weighted by atomic mass is 16.5. The van der Waals surface area contributed by atoms with Gasteiger partial charge in [0.25, 0.3) is 5.91 Å². The Hall–Kier alpha value is -1.95. The number of anilines is 1. The summed E-state index contributed by atoms with van der Waals surface area (Å²) in [6.07, 6.45) is -0.555. The Labute approximate surface area is 118 Å². The molecule has 2 N–H and O–H groups in total. The van der Waals surface area contributed by atoms with Crippen LogP contribution >= 0.6 is 0 Å². The molecule has 0 saturated carbocycles. The zero-order valence-corrected chi connectivity index (χ0v) is 11.8. The molecule has 1 saturated heterocycles. The molecule has 2 rings (SSSR count). The van der Waals surface area contributed by atoms with Crippen molar-refractivity contribution < 1.29 is 19.0 Å². The number of amides is 1. The molecule has 1 fully saturated rings. The van der Waals surface area contributed by atoms with E-state index in [-0.39, 0.29) is 5.91 Å². The van der Waals surface area contributed by atoms with E-state index in [2.05, 4.69) is 0 Å². The molecule has 0 radical (unpaired) electrons. The molecule has 1 atom stereocenters. The van der Waals surface area contributed by atoms with Crippen LogP contribution in [0.5, 0.6) is 11.5 Å². The van der Waals surface area contributed by atoms with Gasteiger partial charge in [0.05, 0.1) is 26.0 Å². The molecule has 1 aromatic carbocycles. The average Bonchev–Trinajstić information content (AvgIpc) is 2.47. The number of benzene rings is 1. The lowest BCUT2D eigenvalue weighted by Gasteiger charge is -2.29. The van der Waals surface area contributed by atoms with Gasteiger partial charge in [0, 0.05) is 19.2 Å². The van der Waals surface area contributed by atoms with Gasteiger partial charge in [-0.1, -0.05) is 0 Å². The number of hydrogen-bond donors (Lipinski definition) is 1. The summed E-state index contributed by atoms with van der Waals surface area (Å²) in [6, 6.07) is 5.11. The van der Waals surface area contributed by atoms with Crippen molar-refractivity contribution in [2.45, 2.75) is 13.0 Å². The third-order valence-corrected chi connectivity index (χ3v) is 3.18. The first-order chi connectivity index (χ1) is 9.61. The summed E-state index contributed by atoms with van der Waals surface area (Å²) in [5.74, 6) is 1.10. The maximum atomic E-state index is 12.2. The van der Waals surface area contributed by atoms with Crippen LogP contribution in [0.15, 0.2) is 18.2 Å². The topological polar surface area (TPSA) is 74.0 Å². The molecule has 1 unspecified atom stereocenters. The van der Waals surface area contributed by atoms with E-state index in [0.29, 0.717) is 43.5 Å². The summed E-state index contributed by atoms with van der Waals surface area (Å²) in [5.41, 5.74) is 6.29. The molecular weight excluding hydrogens is 260 g/mol. The molecule has 0 aliphatic carbocycles. The van der Waals surface area contributed by atoms with E-state index in [1.54, 1.807) is 37.1 Å². The van der Waals surface area contributed by atoms with Gasteiger partial charge < -0.3 is 24.8 Å². The first kappa shape index (κ1) is 14.5. The van der Waals surface area contributed by atoms with Crippen LogP contribution < -0.4 is 15.2 Å². The monoisotopic (exact) mass is 280 g/mol. The van der Waals surface area contributed by atoms with Crippen LogP contribution in [0.4, 0.5) is 5.69 Å². The fourth-order valence-corrected chi connectivity index (χ4v) is 2.08. The van der Waals surface area contributed by atoms with Crippen LogP contribution in [0.25, 0.3) is 0 Å². The number of carbonyl (C=O) groups excluding carboxylic acids is 1. The van der Waals surface area contributed by atoms with E-state index in [0.717, 1.165) is 0 Å². The number of rotatable bonds is 4. The van der Waals surface area contributed by atoms with Crippen LogP contribution in [0.3, 0.4) is 0 Å². The molecule has 1 aliphatic heterocycles. The summed E-state index contributed by atoms with van der Waals surface area (Å²) in [4.78, 5) is 14.0. The average molecular weight is 280 g/mol. The van der Waals surface area contributed by atoms with Gasteiger partial charge >= 0.3 is 0 Å². The number of nitrogens with two attached hydrogens (primary N) is 1. The van der Waals surface area contributed by atoms with E-state index < -0.39 is 6.10 Å². The van der Waals surface area contributed by atoms with Gasteiger partial charge in [-0.3, -0.25) is 4.79 Å². The minimum Gasteiger partial charge on any atom is -0.495 e. The molecule has 6 heteroatoms. The Morgan fingerprint density at radius 1 is 1.40 bits per heavy atom. The van der Waals surface area contributed by atoms with Gasteiger partial charge in [-0.25, -0.2) is 0 Å². The number of carbonyl (C=O) groups is 1. The maximum Gasteiger partial charge on any atom is 0.263 e. The molecule has 1 aliphatic rings. The van der Waals surface area contributed by atoms with E-state index in [4.69, 9.17) is 19.9 Å². The summed E-state index contributed by atoms with van der Waals surface area (Å²) >= 11 is 0. The normalized spacial score (nSPS) is 16.6. The van der Waals surface area contributed by atoms with Crippen molar-refractivity contribution in [3.05, 3.63) is 18.2 Å². The van der Waals surface area contributed by atoms with Gasteiger partial charge in [0.15, 0.2) is 6.10 Å². The van der Waals surface area contributed by atoms with Crippen molar-refractivity contribution in [2.75, 3.05) is 39.1 Å². The van der Waals surface area contributed by atoms with E-state index in [1.807, 2.05) is 0 Å². The van der Waals surface area contributed by atoms with Gasteiger partial charge in [-0.05, 0) is 19.1 Å². The Morgan fingerprint density at radius 3 is 2.70 bits per heavy atom. The largest absolute Gasteiger partial charge is 0.495 e. The van der Waals surface area contributed by atoms with Crippen molar-refractivity contribution in [1.82, 2.24) is 4.90 Å². The predicted octanol–water partition coefficient (Wildman–Crippen LogP) is 0.903. The number of morpholine rings is 1. The van der Waals surface area contributed by atoms with Crippen molar-refractivity contribution in [3.8, 4) is 11.5 Å². The summed E-state index contributed by atoms with van der Waals surface area (Å²) in [7, 11) is 1.55. The van der Waals surface area contributed by atoms with Crippen molar-refractivity contribution in [2.24, 2.45) is 0 Å². The Bertz CT molecular complexity index is 472. The van der Waals surface area contributed by atoms with Crippen LogP contribution in [-0.4, -0.2) is 50.3 Å². The number of nitrogens with zero attached hydrogens (tertiary/aromatic N) is 1. The summed E-state index contributed by atoms with van der Waals surface area (Å²) < 4.78 is 15.9. The molecule has 6 nitrogen and oxygen atoms in total. The second kappa shape index (κ2) is 6.47. The highest BCUT2D eigenvalue weighted by Crippen LogP contribution is 2.26. The van der Waals surface area contributed by atoms with Crippen LogP contribution in [0.1, 0.15) is 6.92 Å². The zero-order valence-electron chi connectivity index (χ0n) is 11.8. The Balaban J connectivity index is 1.98. The van der Waals surface area contributed by atoms with E-state index >= 15 is 0 Å². The minimum absolute atomic E-state index is 0.0392. The van der Waals surface area contributed by atoms with Crippen molar-refractivity contribution >= 4 is 11.6 Å². The molecule has 0 spiro atoms. The molecule has 0 bridgehead atoms. The molecular formula is C14H20N2O4. The minimum atomic E-state index is -0.555. The molecule has 20 heavy (non-hydrogen) atoms. The predicted molar refractivity (Wildman–Crippen MR) is 74.9 cm³/mol. The smallest absolute Gasteiger partial charge is 0.263 e. The third kappa shape index (κ3) is 3.33. The lowest BCUT2D eigenvalue weighted by atomic mass is 10.2.